The maximum absolute atomic E-state index is 11.0. The Hall–Kier alpha value is -0.870. The molecule has 0 atom stereocenters. The van der Waals surface area contributed by atoms with Crippen molar-refractivity contribution in [1.29, 1.82) is 0 Å². The normalized spacial score (nSPS) is 10.1. The van der Waals surface area contributed by atoms with Gasteiger partial charge in [0.1, 0.15) is 0 Å². The molecule has 0 bridgehead atoms. The quantitative estimate of drug-likeness (QED) is 0.643. The van der Waals surface area contributed by atoms with Crippen LogP contribution < -0.4 is 5.32 Å². The number of hydrogen-bond acceptors (Lipinski definition) is 3. The van der Waals surface area contributed by atoms with Crippen molar-refractivity contribution in [2.24, 2.45) is 0 Å². The third-order valence-electron chi connectivity index (χ3n) is 2.08. The number of carbonyl (C=O) groups is 1. The van der Waals surface area contributed by atoms with Crippen molar-refractivity contribution in [1.82, 2.24) is 5.32 Å². The molecular weight excluding hydrogens is 270 g/mol. The zero-order valence-corrected chi connectivity index (χ0v) is 10.9. The summed E-state index contributed by atoms with van der Waals surface area (Å²) in [5.41, 5.74) is 1.25. The van der Waals surface area contributed by atoms with Crippen LogP contribution in [0.15, 0.2) is 28.7 Å². The number of carbonyl (C=O) groups excluding carboxylic acids is 1. The second-order valence-corrected chi connectivity index (χ2v) is 4.27. The van der Waals surface area contributed by atoms with E-state index < -0.39 is 0 Å². The fourth-order valence-electron chi connectivity index (χ4n) is 1.29. The fraction of sp³-hybridized carbons (Fsp3) is 0.417. The van der Waals surface area contributed by atoms with E-state index >= 15 is 0 Å². The second-order valence-electron chi connectivity index (χ2n) is 3.36. The minimum atomic E-state index is -0.196. The Morgan fingerprint density at radius 1 is 1.38 bits per heavy atom. The molecule has 88 valence electrons. The van der Waals surface area contributed by atoms with E-state index in [2.05, 4.69) is 33.4 Å². The highest BCUT2D eigenvalue weighted by Crippen LogP contribution is 2.10. The van der Waals surface area contributed by atoms with Crippen molar-refractivity contribution in [2.45, 2.75) is 13.3 Å². The van der Waals surface area contributed by atoms with Crippen molar-refractivity contribution < 1.29 is 9.53 Å². The van der Waals surface area contributed by atoms with Gasteiger partial charge in [-0.2, -0.15) is 0 Å². The van der Waals surface area contributed by atoms with E-state index in [-0.39, 0.29) is 12.5 Å². The summed E-state index contributed by atoms with van der Waals surface area (Å²) >= 11 is 3.39. The molecule has 0 unspecified atom stereocenters. The first-order valence-electron chi connectivity index (χ1n) is 5.33. The second kappa shape index (κ2) is 7.41. The van der Waals surface area contributed by atoms with Crippen LogP contribution in [0.25, 0.3) is 0 Å². The van der Waals surface area contributed by atoms with Crippen LogP contribution in [-0.2, 0) is 16.0 Å². The van der Waals surface area contributed by atoms with Crippen LogP contribution in [0.3, 0.4) is 0 Å². The molecule has 1 rings (SSSR count). The lowest BCUT2D eigenvalue weighted by molar-refractivity contribution is -0.141. The number of esters is 1. The average molecular weight is 286 g/mol. The van der Waals surface area contributed by atoms with E-state index in [1.165, 1.54) is 5.56 Å². The Labute approximate surface area is 104 Å². The number of halogens is 1. The standard InChI is InChI=1S/C12H16BrNO2/c1-2-16-12(15)9-14-8-7-10-3-5-11(13)6-4-10/h3-6,14H,2,7-9H2,1H3. The van der Waals surface area contributed by atoms with Crippen LogP contribution in [-0.4, -0.2) is 25.7 Å². The van der Waals surface area contributed by atoms with Gasteiger partial charge in [0.05, 0.1) is 13.2 Å². The molecule has 0 fully saturated rings. The van der Waals surface area contributed by atoms with Crippen molar-refractivity contribution >= 4 is 21.9 Å². The first-order valence-corrected chi connectivity index (χ1v) is 6.12. The number of hydrogen-bond donors (Lipinski definition) is 1. The van der Waals surface area contributed by atoms with Crippen LogP contribution in [0, 0.1) is 0 Å². The monoisotopic (exact) mass is 285 g/mol. The smallest absolute Gasteiger partial charge is 0.319 e. The summed E-state index contributed by atoms with van der Waals surface area (Å²) in [7, 11) is 0. The van der Waals surface area contributed by atoms with Gasteiger partial charge in [0.25, 0.3) is 0 Å². The van der Waals surface area contributed by atoms with Gasteiger partial charge >= 0.3 is 5.97 Å². The minimum Gasteiger partial charge on any atom is -0.465 e. The molecule has 0 aliphatic carbocycles. The average Bonchev–Trinajstić information content (AvgIpc) is 2.27. The van der Waals surface area contributed by atoms with Gasteiger partial charge in [-0.3, -0.25) is 4.79 Å². The molecule has 0 aliphatic heterocycles. The van der Waals surface area contributed by atoms with Gasteiger partial charge in [0.15, 0.2) is 0 Å². The molecule has 0 saturated heterocycles. The van der Waals surface area contributed by atoms with Crippen LogP contribution in [0.4, 0.5) is 0 Å². The molecule has 1 N–H and O–H groups in total. The number of benzene rings is 1. The van der Waals surface area contributed by atoms with Crippen LogP contribution in [0.2, 0.25) is 0 Å². The van der Waals surface area contributed by atoms with E-state index in [0.717, 1.165) is 17.4 Å². The largest absolute Gasteiger partial charge is 0.465 e. The summed E-state index contributed by atoms with van der Waals surface area (Å²) in [5.74, 6) is -0.196. The third-order valence-corrected chi connectivity index (χ3v) is 2.61. The molecular formula is C12H16BrNO2. The predicted molar refractivity (Wildman–Crippen MR) is 67.3 cm³/mol. The Balaban J connectivity index is 2.16. The summed E-state index contributed by atoms with van der Waals surface area (Å²) in [6.07, 6.45) is 0.909. The van der Waals surface area contributed by atoms with Crippen molar-refractivity contribution in [3.05, 3.63) is 34.3 Å². The molecule has 0 amide bonds. The molecule has 0 radical (unpaired) electrons. The van der Waals surface area contributed by atoms with Crippen LogP contribution in [0.5, 0.6) is 0 Å². The highest BCUT2D eigenvalue weighted by Gasteiger charge is 1.99. The summed E-state index contributed by atoms with van der Waals surface area (Å²) in [6.45, 7) is 3.30. The SMILES string of the molecule is CCOC(=O)CNCCc1ccc(Br)cc1. The zero-order chi connectivity index (χ0) is 11.8. The molecule has 0 aromatic heterocycles. The molecule has 4 heteroatoms. The Kier molecular flexibility index (Phi) is 6.11. The maximum Gasteiger partial charge on any atom is 0.319 e. The summed E-state index contributed by atoms with van der Waals surface area (Å²) in [5, 5.41) is 3.05. The highest BCUT2D eigenvalue weighted by atomic mass is 79.9. The summed E-state index contributed by atoms with van der Waals surface area (Å²) < 4.78 is 5.88. The molecule has 3 nitrogen and oxygen atoms in total. The van der Waals surface area contributed by atoms with E-state index in [4.69, 9.17) is 4.74 Å². The molecule has 0 heterocycles. The lowest BCUT2D eigenvalue weighted by atomic mass is 10.1. The molecule has 16 heavy (non-hydrogen) atoms. The van der Waals surface area contributed by atoms with Crippen molar-refractivity contribution in [3.8, 4) is 0 Å². The van der Waals surface area contributed by atoms with Gasteiger partial charge in [-0.25, -0.2) is 0 Å². The summed E-state index contributed by atoms with van der Waals surface area (Å²) in [6, 6.07) is 8.16. The van der Waals surface area contributed by atoms with E-state index in [1.54, 1.807) is 6.92 Å². The van der Waals surface area contributed by atoms with Gasteiger partial charge in [-0.15, -0.1) is 0 Å². The Morgan fingerprint density at radius 3 is 2.69 bits per heavy atom. The maximum atomic E-state index is 11.0. The van der Waals surface area contributed by atoms with Crippen molar-refractivity contribution in [2.75, 3.05) is 19.7 Å². The van der Waals surface area contributed by atoms with Gasteiger partial charge in [0, 0.05) is 4.47 Å². The highest BCUT2D eigenvalue weighted by molar-refractivity contribution is 9.10. The fourth-order valence-corrected chi connectivity index (χ4v) is 1.55. The number of nitrogens with one attached hydrogen (secondary N) is 1. The molecule has 0 spiro atoms. The first kappa shape index (κ1) is 13.2. The predicted octanol–water partition coefficient (Wildman–Crippen LogP) is 2.14. The number of rotatable bonds is 6. The van der Waals surface area contributed by atoms with E-state index in [1.807, 2.05) is 12.1 Å². The van der Waals surface area contributed by atoms with Gasteiger partial charge in [0.2, 0.25) is 0 Å². The van der Waals surface area contributed by atoms with Crippen molar-refractivity contribution in [3.63, 3.8) is 0 Å². The zero-order valence-electron chi connectivity index (χ0n) is 9.33. The van der Waals surface area contributed by atoms with Gasteiger partial charge in [-0.05, 0) is 37.6 Å². The summed E-state index contributed by atoms with van der Waals surface area (Å²) in [4.78, 5) is 11.0. The van der Waals surface area contributed by atoms with Crippen LogP contribution in [0.1, 0.15) is 12.5 Å². The third kappa shape index (κ3) is 5.28. The molecule has 0 aliphatic rings. The topological polar surface area (TPSA) is 38.3 Å². The molecule has 0 saturated carbocycles. The van der Waals surface area contributed by atoms with Gasteiger partial charge < -0.3 is 10.1 Å². The van der Waals surface area contributed by atoms with Gasteiger partial charge in [-0.1, -0.05) is 28.1 Å². The van der Waals surface area contributed by atoms with E-state index in [9.17, 15) is 4.79 Å². The lowest BCUT2D eigenvalue weighted by Crippen LogP contribution is -2.26. The Morgan fingerprint density at radius 2 is 2.06 bits per heavy atom. The number of ether oxygens (including phenoxy) is 1. The lowest BCUT2D eigenvalue weighted by Gasteiger charge is -2.04. The minimum absolute atomic E-state index is 0.196. The Bertz CT molecular complexity index is 324. The molecule has 1 aromatic rings. The first-order chi connectivity index (χ1) is 7.72. The van der Waals surface area contributed by atoms with Crippen LogP contribution >= 0.6 is 15.9 Å². The molecule has 1 aromatic carbocycles. The van der Waals surface area contributed by atoms with E-state index in [0.29, 0.717) is 6.61 Å².